The van der Waals surface area contributed by atoms with Crippen LogP contribution in [0, 0.1) is 0 Å². The van der Waals surface area contributed by atoms with Crippen molar-refractivity contribution in [3.63, 3.8) is 0 Å². The van der Waals surface area contributed by atoms with Crippen LogP contribution in [0.15, 0.2) is 42.5 Å². The fraction of sp³-hybridized carbons (Fsp3) is 0.278. The summed E-state index contributed by atoms with van der Waals surface area (Å²) in [7, 11) is 0. The van der Waals surface area contributed by atoms with Crippen molar-refractivity contribution in [3.05, 3.63) is 69.2 Å². The molecule has 24 heavy (non-hydrogen) atoms. The molecule has 0 aliphatic carbocycles. The molecule has 4 nitrogen and oxygen atoms in total. The number of ether oxygens (including phenoxy) is 1. The van der Waals surface area contributed by atoms with E-state index in [1.165, 1.54) is 0 Å². The highest BCUT2D eigenvalue weighted by Gasteiger charge is 2.24. The molecular formula is C18H17Cl2NO3. The van der Waals surface area contributed by atoms with E-state index in [-0.39, 0.29) is 11.7 Å². The number of hydrogen-bond acceptors (Lipinski definition) is 3. The lowest BCUT2D eigenvalue weighted by Gasteiger charge is -2.33. The van der Waals surface area contributed by atoms with E-state index < -0.39 is 5.97 Å². The molecule has 0 spiro atoms. The number of aromatic carboxylic acids is 1. The lowest BCUT2D eigenvalue weighted by atomic mass is 10.0. The number of carboxylic acids is 1. The minimum Gasteiger partial charge on any atom is -0.478 e. The third-order valence-electron chi connectivity index (χ3n) is 4.10. The van der Waals surface area contributed by atoms with Crippen LogP contribution in [0.5, 0.6) is 0 Å². The highest BCUT2D eigenvalue weighted by Crippen LogP contribution is 2.28. The quantitative estimate of drug-likeness (QED) is 0.878. The normalized spacial score (nSPS) is 18.5. The van der Waals surface area contributed by atoms with E-state index in [4.69, 9.17) is 27.9 Å². The molecule has 1 aliphatic heterocycles. The van der Waals surface area contributed by atoms with E-state index in [1.54, 1.807) is 18.2 Å². The van der Waals surface area contributed by atoms with Crippen LogP contribution in [-0.4, -0.2) is 35.7 Å². The molecule has 0 bridgehead atoms. The predicted molar refractivity (Wildman–Crippen MR) is 93.8 cm³/mol. The Hall–Kier alpha value is -1.59. The van der Waals surface area contributed by atoms with Gasteiger partial charge in [0.25, 0.3) is 0 Å². The Kier molecular flexibility index (Phi) is 5.41. The van der Waals surface area contributed by atoms with Crippen molar-refractivity contribution < 1.29 is 14.6 Å². The van der Waals surface area contributed by atoms with Gasteiger partial charge in [0.05, 0.1) is 18.3 Å². The first-order valence-electron chi connectivity index (χ1n) is 7.64. The zero-order valence-corrected chi connectivity index (χ0v) is 14.4. The van der Waals surface area contributed by atoms with Crippen LogP contribution in [0.4, 0.5) is 0 Å². The third-order valence-corrected chi connectivity index (χ3v) is 4.69. The van der Waals surface area contributed by atoms with Crippen molar-refractivity contribution in [1.29, 1.82) is 0 Å². The summed E-state index contributed by atoms with van der Waals surface area (Å²) in [4.78, 5) is 13.6. The van der Waals surface area contributed by atoms with E-state index in [0.29, 0.717) is 35.3 Å². The highest BCUT2D eigenvalue weighted by molar-refractivity contribution is 6.31. The fourth-order valence-corrected chi connectivity index (χ4v) is 3.33. The number of carboxylic acid groups (broad SMARTS) is 1. The Morgan fingerprint density at radius 1 is 1.25 bits per heavy atom. The van der Waals surface area contributed by atoms with Gasteiger partial charge >= 0.3 is 5.97 Å². The topological polar surface area (TPSA) is 49.8 Å². The average molecular weight is 366 g/mol. The Morgan fingerprint density at radius 2 is 2.04 bits per heavy atom. The summed E-state index contributed by atoms with van der Waals surface area (Å²) in [5.41, 5.74) is 1.90. The first kappa shape index (κ1) is 17.2. The summed E-state index contributed by atoms with van der Waals surface area (Å²) in [5.74, 6) is -0.966. The number of hydrogen-bond donors (Lipinski definition) is 1. The molecule has 2 aromatic rings. The molecule has 126 valence electrons. The SMILES string of the molecule is O=C(O)c1cccc(Cl)c1CN1CCOC(c2cccc(Cl)c2)C1. The molecule has 1 aliphatic rings. The maximum absolute atomic E-state index is 11.4. The fourth-order valence-electron chi connectivity index (χ4n) is 2.90. The van der Waals surface area contributed by atoms with Gasteiger partial charge in [-0.15, -0.1) is 0 Å². The van der Waals surface area contributed by atoms with Crippen LogP contribution in [-0.2, 0) is 11.3 Å². The Balaban J connectivity index is 1.78. The molecule has 1 atom stereocenters. The zero-order valence-electron chi connectivity index (χ0n) is 12.9. The number of rotatable bonds is 4. The second kappa shape index (κ2) is 7.53. The molecule has 0 radical (unpaired) electrons. The molecule has 1 fully saturated rings. The van der Waals surface area contributed by atoms with Crippen molar-refractivity contribution in [2.75, 3.05) is 19.7 Å². The minimum atomic E-state index is -0.966. The second-order valence-electron chi connectivity index (χ2n) is 5.72. The summed E-state index contributed by atoms with van der Waals surface area (Å²) in [5, 5.41) is 10.5. The summed E-state index contributed by atoms with van der Waals surface area (Å²) >= 11 is 12.3. The Labute approximate surface area is 150 Å². The van der Waals surface area contributed by atoms with Gasteiger partial charge in [0.2, 0.25) is 0 Å². The molecule has 3 rings (SSSR count). The van der Waals surface area contributed by atoms with Crippen LogP contribution in [0.25, 0.3) is 0 Å². The van der Waals surface area contributed by atoms with E-state index in [2.05, 4.69) is 4.90 Å². The van der Waals surface area contributed by atoms with Crippen LogP contribution in [0.3, 0.4) is 0 Å². The standard InChI is InChI=1S/C18H17Cl2NO3/c19-13-4-1-3-12(9-13)17-11-21(7-8-24-17)10-15-14(18(22)23)5-2-6-16(15)20/h1-6,9,17H,7-8,10-11H2,(H,22,23). The van der Waals surface area contributed by atoms with Crippen LogP contribution in [0.1, 0.15) is 27.6 Å². The predicted octanol–water partition coefficient (Wildman–Crippen LogP) is 4.27. The highest BCUT2D eigenvalue weighted by atomic mass is 35.5. The maximum Gasteiger partial charge on any atom is 0.336 e. The van der Waals surface area contributed by atoms with Gasteiger partial charge in [-0.25, -0.2) is 4.79 Å². The average Bonchev–Trinajstić information content (AvgIpc) is 2.57. The monoisotopic (exact) mass is 365 g/mol. The summed E-state index contributed by atoms with van der Waals surface area (Å²) in [6.45, 7) is 2.43. The molecule has 1 saturated heterocycles. The van der Waals surface area contributed by atoms with Crippen LogP contribution in [0.2, 0.25) is 10.0 Å². The van der Waals surface area contributed by atoms with Crippen molar-refractivity contribution in [2.24, 2.45) is 0 Å². The lowest BCUT2D eigenvalue weighted by molar-refractivity contribution is -0.0329. The van der Waals surface area contributed by atoms with E-state index in [1.807, 2.05) is 24.3 Å². The second-order valence-corrected chi connectivity index (χ2v) is 6.56. The van der Waals surface area contributed by atoms with Crippen LogP contribution < -0.4 is 0 Å². The minimum absolute atomic E-state index is 0.0896. The van der Waals surface area contributed by atoms with E-state index in [0.717, 1.165) is 12.1 Å². The number of halogens is 2. The lowest BCUT2D eigenvalue weighted by Crippen LogP contribution is -2.38. The maximum atomic E-state index is 11.4. The van der Waals surface area contributed by atoms with Gasteiger partial charge < -0.3 is 9.84 Å². The number of morpholine rings is 1. The summed E-state index contributed by atoms with van der Waals surface area (Å²) in [6, 6.07) is 12.6. The smallest absolute Gasteiger partial charge is 0.336 e. The first-order valence-corrected chi connectivity index (χ1v) is 8.40. The van der Waals surface area contributed by atoms with Gasteiger partial charge in [-0.05, 0) is 35.4 Å². The van der Waals surface area contributed by atoms with Crippen LogP contribution >= 0.6 is 23.2 Å². The molecule has 1 heterocycles. The summed E-state index contributed by atoms with van der Waals surface area (Å²) in [6.07, 6.45) is -0.0896. The zero-order chi connectivity index (χ0) is 17.1. The van der Waals surface area contributed by atoms with Gasteiger partial charge in [0.1, 0.15) is 0 Å². The Morgan fingerprint density at radius 3 is 2.79 bits per heavy atom. The van der Waals surface area contributed by atoms with Crippen molar-refractivity contribution >= 4 is 29.2 Å². The van der Waals surface area contributed by atoms with Gasteiger partial charge in [-0.3, -0.25) is 4.90 Å². The first-order chi connectivity index (χ1) is 11.5. The number of carbonyl (C=O) groups is 1. The van der Waals surface area contributed by atoms with Gasteiger partial charge in [0.15, 0.2) is 0 Å². The number of benzene rings is 2. The van der Waals surface area contributed by atoms with E-state index >= 15 is 0 Å². The molecule has 0 aromatic heterocycles. The van der Waals surface area contributed by atoms with Gasteiger partial charge in [0, 0.05) is 29.7 Å². The molecule has 2 aromatic carbocycles. The molecule has 1 N–H and O–H groups in total. The van der Waals surface area contributed by atoms with Gasteiger partial charge in [-0.1, -0.05) is 41.4 Å². The summed E-state index contributed by atoms with van der Waals surface area (Å²) < 4.78 is 5.85. The van der Waals surface area contributed by atoms with Crippen molar-refractivity contribution in [1.82, 2.24) is 4.90 Å². The number of nitrogens with zero attached hydrogens (tertiary/aromatic N) is 1. The van der Waals surface area contributed by atoms with E-state index in [9.17, 15) is 9.90 Å². The molecule has 0 saturated carbocycles. The van der Waals surface area contributed by atoms with Crippen molar-refractivity contribution in [3.8, 4) is 0 Å². The molecule has 1 unspecified atom stereocenters. The Bertz CT molecular complexity index is 751. The van der Waals surface area contributed by atoms with Gasteiger partial charge in [-0.2, -0.15) is 0 Å². The largest absolute Gasteiger partial charge is 0.478 e. The third kappa shape index (κ3) is 3.90. The molecule has 6 heteroatoms. The van der Waals surface area contributed by atoms with Crippen molar-refractivity contribution in [2.45, 2.75) is 12.6 Å². The molecular weight excluding hydrogens is 349 g/mol. The molecule has 0 amide bonds.